The van der Waals surface area contributed by atoms with Gasteiger partial charge >= 0.3 is 6.18 Å². The van der Waals surface area contributed by atoms with Gasteiger partial charge in [-0.25, -0.2) is 0 Å². The molecule has 0 aliphatic rings. The van der Waals surface area contributed by atoms with E-state index in [0.29, 0.717) is 17.9 Å². The van der Waals surface area contributed by atoms with Crippen LogP contribution in [0.1, 0.15) is 37.9 Å². The summed E-state index contributed by atoms with van der Waals surface area (Å²) in [6.45, 7) is 2.61. The molecule has 108 valence electrons. The van der Waals surface area contributed by atoms with Gasteiger partial charge in [0.05, 0.1) is 19.1 Å². The maximum Gasteiger partial charge on any atom is 0.391 e. The van der Waals surface area contributed by atoms with Crippen molar-refractivity contribution in [3.8, 4) is 5.75 Å². The molecule has 1 aromatic rings. The molecule has 0 amide bonds. The number of hydrogen-bond acceptors (Lipinski definition) is 2. The summed E-state index contributed by atoms with van der Waals surface area (Å²) in [5, 5.41) is 0. The number of halogens is 3. The number of benzene rings is 1. The van der Waals surface area contributed by atoms with Gasteiger partial charge in [0.2, 0.25) is 0 Å². The molecule has 0 fully saturated rings. The number of hydrogen-bond donors (Lipinski definition) is 0. The van der Waals surface area contributed by atoms with Crippen molar-refractivity contribution in [1.29, 1.82) is 0 Å². The van der Waals surface area contributed by atoms with Gasteiger partial charge in [-0.15, -0.1) is 0 Å². The second-order valence-corrected chi connectivity index (χ2v) is 4.32. The van der Waals surface area contributed by atoms with Crippen molar-refractivity contribution in [3.05, 3.63) is 29.8 Å². The Hall–Kier alpha value is -1.23. The summed E-state index contributed by atoms with van der Waals surface area (Å²) in [5.74, 6) is 0.579. The van der Waals surface area contributed by atoms with Crippen molar-refractivity contribution < 1.29 is 22.6 Å². The van der Waals surface area contributed by atoms with Gasteiger partial charge in [-0.2, -0.15) is 13.2 Å². The van der Waals surface area contributed by atoms with Crippen LogP contribution in [0, 0.1) is 0 Å². The average molecular weight is 276 g/mol. The fourth-order valence-electron chi connectivity index (χ4n) is 1.69. The van der Waals surface area contributed by atoms with E-state index in [1.807, 2.05) is 6.92 Å². The van der Waals surface area contributed by atoms with E-state index < -0.39 is 18.7 Å². The van der Waals surface area contributed by atoms with E-state index in [9.17, 15) is 13.2 Å². The number of alkyl halides is 3. The Balaban J connectivity index is 2.72. The number of unbranched alkanes of at least 4 members (excludes halogenated alkanes) is 1. The summed E-state index contributed by atoms with van der Waals surface area (Å²) < 4.78 is 47.6. The van der Waals surface area contributed by atoms with E-state index in [2.05, 4.69) is 0 Å². The Morgan fingerprint density at radius 3 is 2.58 bits per heavy atom. The summed E-state index contributed by atoms with van der Waals surface area (Å²) >= 11 is 0. The van der Waals surface area contributed by atoms with Crippen molar-refractivity contribution >= 4 is 0 Å². The molecule has 0 aliphatic carbocycles. The van der Waals surface area contributed by atoms with Crippen LogP contribution < -0.4 is 4.74 Å². The first-order valence-corrected chi connectivity index (χ1v) is 6.28. The molecule has 2 nitrogen and oxygen atoms in total. The van der Waals surface area contributed by atoms with Crippen LogP contribution in [-0.4, -0.2) is 19.9 Å². The predicted octanol–water partition coefficient (Wildman–Crippen LogP) is 4.51. The van der Waals surface area contributed by atoms with Gasteiger partial charge in [-0.3, -0.25) is 0 Å². The smallest absolute Gasteiger partial charge is 0.391 e. The SMILES string of the molecule is CCCCOc1cccc(C(CC(F)(F)F)OC)c1. The third kappa shape index (κ3) is 5.96. The molecule has 0 aromatic heterocycles. The van der Waals surface area contributed by atoms with E-state index in [1.54, 1.807) is 24.3 Å². The fraction of sp³-hybridized carbons (Fsp3) is 0.571. The monoisotopic (exact) mass is 276 g/mol. The first kappa shape index (κ1) is 15.8. The van der Waals surface area contributed by atoms with E-state index in [0.717, 1.165) is 12.8 Å². The van der Waals surface area contributed by atoms with Crippen LogP contribution in [0.4, 0.5) is 13.2 Å². The lowest BCUT2D eigenvalue weighted by Crippen LogP contribution is -2.15. The summed E-state index contributed by atoms with van der Waals surface area (Å²) in [6.07, 6.45) is -4.31. The van der Waals surface area contributed by atoms with Crippen molar-refractivity contribution in [1.82, 2.24) is 0 Å². The average Bonchev–Trinajstić information content (AvgIpc) is 2.35. The van der Waals surface area contributed by atoms with Gasteiger partial charge in [0.25, 0.3) is 0 Å². The highest BCUT2D eigenvalue weighted by Crippen LogP contribution is 2.32. The Morgan fingerprint density at radius 1 is 1.26 bits per heavy atom. The Morgan fingerprint density at radius 2 is 2.00 bits per heavy atom. The van der Waals surface area contributed by atoms with Crippen LogP contribution >= 0.6 is 0 Å². The van der Waals surface area contributed by atoms with Crippen molar-refractivity contribution in [2.24, 2.45) is 0 Å². The van der Waals surface area contributed by atoms with E-state index in [1.165, 1.54) is 7.11 Å². The highest BCUT2D eigenvalue weighted by atomic mass is 19.4. The van der Waals surface area contributed by atoms with Gasteiger partial charge in [0.15, 0.2) is 0 Å². The fourth-order valence-corrected chi connectivity index (χ4v) is 1.69. The number of ether oxygens (including phenoxy) is 2. The molecule has 1 unspecified atom stereocenters. The molecule has 19 heavy (non-hydrogen) atoms. The first-order valence-electron chi connectivity index (χ1n) is 6.28. The molecule has 0 aliphatic heterocycles. The third-order valence-electron chi connectivity index (χ3n) is 2.70. The first-order chi connectivity index (χ1) is 8.96. The van der Waals surface area contributed by atoms with E-state index in [4.69, 9.17) is 9.47 Å². The molecule has 1 rings (SSSR count). The molecule has 0 bridgehead atoms. The van der Waals surface area contributed by atoms with E-state index in [-0.39, 0.29) is 0 Å². The number of methoxy groups -OCH3 is 1. The molecule has 0 saturated heterocycles. The molecular formula is C14H19F3O2. The normalized spacial score (nSPS) is 13.3. The minimum absolute atomic E-state index is 0.480. The van der Waals surface area contributed by atoms with Crippen LogP contribution in [0.2, 0.25) is 0 Å². The zero-order chi connectivity index (χ0) is 14.3. The van der Waals surface area contributed by atoms with Gasteiger partial charge in [0.1, 0.15) is 5.75 Å². The predicted molar refractivity (Wildman–Crippen MR) is 67.3 cm³/mol. The van der Waals surface area contributed by atoms with Crippen LogP contribution in [-0.2, 0) is 4.74 Å². The lowest BCUT2D eigenvalue weighted by atomic mass is 10.1. The Labute approximate surface area is 111 Å². The lowest BCUT2D eigenvalue weighted by molar-refractivity contribution is -0.158. The van der Waals surface area contributed by atoms with Gasteiger partial charge in [0, 0.05) is 7.11 Å². The Bertz CT molecular complexity index is 377. The molecule has 0 N–H and O–H groups in total. The summed E-state index contributed by atoms with van der Waals surface area (Å²) in [5.41, 5.74) is 0.480. The van der Waals surface area contributed by atoms with Crippen LogP contribution in [0.25, 0.3) is 0 Å². The van der Waals surface area contributed by atoms with Gasteiger partial charge in [-0.1, -0.05) is 25.5 Å². The molecule has 1 aromatic carbocycles. The molecule has 1 atom stereocenters. The zero-order valence-electron chi connectivity index (χ0n) is 11.2. The van der Waals surface area contributed by atoms with Gasteiger partial charge in [-0.05, 0) is 24.1 Å². The maximum absolute atomic E-state index is 12.4. The minimum atomic E-state index is -4.25. The lowest BCUT2D eigenvalue weighted by Gasteiger charge is -2.18. The minimum Gasteiger partial charge on any atom is -0.494 e. The largest absolute Gasteiger partial charge is 0.494 e. The second kappa shape index (κ2) is 7.38. The highest BCUT2D eigenvalue weighted by molar-refractivity contribution is 5.30. The van der Waals surface area contributed by atoms with Crippen molar-refractivity contribution in [2.45, 2.75) is 38.5 Å². The zero-order valence-corrected chi connectivity index (χ0v) is 11.2. The van der Waals surface area contributed by atoms with Crippen LogP contribution in [0.3, 0.4) is 0 Å². The van der Waals surface area contributed by atoms with Crippen molar-refractivity contribution in [3.63, 3.8) is 0 Å². The van der Waals surface area contributed by atoms with Gasteiger partial charge < -0.3 is 9.47 Å². The van der Waals surface area contributed by atoms with E-state index >= 15 is 0 Å². The quantitative estimate of drug-likeness (QED) is 0.682. The van der Waals surface area contributed by atoms with Crippen LogP contribution in [0.15, 0.2) is 24.3 Å². The molecule has 0 heterocycles. The molecule has 0 spiro atoms. The summed E-state index contributed by atoms with van der Waals surface area (Å²) in [4.78, 5) is 0. The summed E-state index contributed by atoms with van der Waals surface area (Å²) in [6, 6.07) is 6.64. The van der Waals surface area contributed by atoms with Crippen LogP contribution in [0.5, 0.6) is 5.75 Å². The third-order valence-corrected chi connectivity index (χ3v) is 2.70. The van der Waals surface area contributed by atoms with Crippen molar-refractivity contribution in [2.75, 3.05) is 13.7 Å². The topological polar surface area (TPSA) is 18.5 Å². The highest BCUT2D eigenvalue weighted by Gasteiger charge is 2.32. The standard InChI is InChI=1S/C14H19F3O2/c1-3-4-8-19-12-7-5-6-11(9-12)13(18-2)10-14(15,16)17/h5-7,9,13H,3-4,8,10H2,1-2H3. The second-order valence-electron chi connectivity index (χ2n) is 4.32. The molecular weight excluding hydrogens is 257 g/mol. The molecule has 0 saturated carbocycles. The summed E-state index contributed by atoms with van der Waals surface area (Å²) in [7, 11) is 1.28. The molecule has 0 radical (unpaired) electrons. The molecule has 5 heteroatoms. The Kier molecular flexibility index (Phi) is 6.15. The number of rotatable bonds is 7. The maximum atomic E-state index is 12.4.